The fourth-order valence-electron chi connectivity index (χ4n) is 1.09. The number of benzene rings is 1. The summed E-state index contributed by atoms with van der Waals surface area (Å²) >= 11 is 5.78. The number of methoxy groups -OCH3 is 1. The summed E-state index contributed by atoms with van der Waals surface area (Å²) in [5.41, 5.74) is 0.874. The minimum absolute atomic E-state index is 0.248. The molecule has 0 aliphatic rings. The summed E-state index contributed by atoms with van der Waals surface area (Å²) < 4.78 is 4.62. The molecule has 0 fully saturated rings. The minimum Gasteiger partial charge on any atom is -0.469 e. The van der Waals surface area contributed by atoms with Crippen LogP contribution < -0.4 is 0 Å². The zero-order valence-electron chi connectivity index (χ0n) is 7.58. The van der Waals surface area contributed by atoms with Crippen molar-refractivity contribution in [2.45, 2.75) is 12.8 Å². The molecule has 1 rings (SSSR count). The smallest absolute Gasteiger partial charge is 0.312 e. The van der Waals surface area contributed by atoms with Crippen LogP contribution in [0.2, 0.25) is 5.02 Å². The molecule has 0 radical (unpaired) electrons. The Morgan fingerprint density at radius 1 is 1.54 bits per heavy atom. The maximum absolute atomic E-state index is 11.2. The van der Waals surface area contributed by atoms with E-state index in [1.165, 1.54) is 7.11 Å². The molecule has 0 aliphatic heterocycles. The number of carbonyl (C=O) groups is 1. The largest absolute Gasteiger partial charge is 0.469 e. The van der Waals surface area contributed by atoms with Crippen LogP contribution in [-0.4, -0.2) is 13.1 Å². The van der Waals surface area contributed by atoms with Crippen molar-refractivity contribution in [2.24, 2.45) is 0 Å². The fourth-order valence-corrected chi connectivity index (χ4v) is 1.29. The van der Waals surface area contributed by atoms with Gasteiger partial charge in [0.15, 0.2) is 0 Å². The molecule has 0 amide bonds. The Kier molecular flexibility index (Phi) is 3.32. The Bertz CT molecular complexity index is 310. The molecule has 3 heteroatoms. The van der Waals surface area contributed by atoms with Crippen LogP contribution in [0.25, 0.3) is 0 Å². The van der Waals surface area contributed by atoms with E-state index in [-0.39, 0.29) is 11.9 Å². The Hall–Kier alpha value is -1.02. The van der Waals surface area contributed by atoms with E-state index in [1.54, 1.807) is 19.1 Å². The first-order valence-electron chi connectivity index (χ1n) is 3.98. The van der Waals surface area contributed by atoms with Crippen LogP contribution in [0, 0.1) is 0 Å². The van der Waals surface area contributed by atoms with Gasteiger partial charge < -0.3 is 4.74 Å². The van der Waals surface area contributed by atoms with Crippen molar-refractivity contribution in [3.63, 3.8) is 0 Å². The number of ether oxygens (including phenoxy) is 1. The van der Waals surface area contributed by atoms with E-state index >= 15 is 0 Å². The molecule has 0 N–H and O–H groups in total. The molecule has 1 atom stereocenters. The van der Waals surface area contributed by atoms with Gasteiger partial charge >= 0.3 is 5.97 Å². The second-order valence-corrected chi connectivity index (χ2v) is 3.24. The van der Waals surface area contributed by atoms with E-state index in [0.717, 1.165) is 5.56 Å². The maximum atomic E-state index is 11.2. The third kappa shape index (κ3) is 2.46. The van der Waals surface area contributed by atoms with Crippen molar-refractivity contribution < 1.29 is 9.53 Å². The lowest BCUT2D eigenvalue weighted by Crippen LogP contribution is -2.10. The fraction of sp³-hybridized carbons (Fsp3) is 0.300. The quantitative estimate of drug-likeness (QED) is 0.683. The van der Waals surface area contributed by atoms with Crippen LogP contribution in [0.1, 0.15) is 18.4 Å². The molecule has 0 spiro atoms. The highest BCUT2D eigenvalue weighted by Crippen LogP contribution is 2.19. The van der Waals surface area contributed by atoms with Crippen molar-refractivity contribution in [1.82, 2.24) is 0 Å². The highest BCUT2D eigenvalue weighted by atomic mass is 35.5. The zero-order chi connectivity index (χ0) is 9.84. The van der Waals surface area contributed by atoms with Crippen LogP contribution in [0.5, 0.6) is 0 Å². The van der Waals surface area contributed by atoms with Crippen LogP contribution >= 0.6 is 11.6 Å². The van der Waals surface area contributed by atoms with Gasteiger partial charge in [-0.25, -0.2) is 0 Å². The Morgan fingerprint density at radius 3 is 2.77 bits per heavy atom. The summed E-state index contributed by atoms with van der Waals surface area (Å²) in [6, 6.07) is 7.21. The van der Waals surface area contributed by atoms with Gasteiger partial charge in [0.1, 0.15) is 0 Å². The number of esters is 1. The van der Waals surface area contributed by atoms with Crippen LogP contribution in [0.15, 0.2) is 24.3 Å². The number of halogens is 1. The summed E-state index contributed by atoms with van der Waals surface area (Å²) in [5, 5.41) is 0.633. The Labute approximate surface area is 82.5 Å². The molecule has 70 valence electrons. The number of hydrogen-bond acceptors (Lipinski definition) is 2. The van der Waals surface area contributed by atoms with Gasteiger partial charge in [-0.1, -0.05) is 23.7 Å². The Morgan fingerprint density at radius 2 is 2.23 bits per heavy atom. The number of carbonyl (C=O) groups excluding carboxylic acids is 1. The molecule has 0 saturated heterocycles. The van der Waals surface area contributed by atoms with Gasteiger partial charge in [-0.15, -0.1) is 0 Å². The van der Waals surface area contributed by atoms with E-state index in [9.17, 15) is 4.79 Å². The first-order chi connectivity index (χ1) is 6.15. The first-order valence-corrected chi connectivity index (χ1v) is 4.36. The van der Waals surface area contributed by atoms with Crippen molar-refractivity contribution >= 4 is 17.6 Å². The molecule has 1 aromatic carbocycles. The Balaban J connectivity index is 2.88. The monoisotopic (exact) mass is 198 g/mol. The zero-order valence-corrected chi connectivity index (χ0v) is 8.34. The molecule has 13 heavy (non-hydrogen) atoms. The van der Waals surface area contributed by atoms with Gasteiger partial charge in [0, 0.05) is 5.02 Å². The minimum atomic E-state index is -0.260. The van der Waals surface area contributed by atoms with E-state index in [0.29, 0.717) is 5.02 Å². The summed E-state index contributed by atoms with van der Waals surface area (Å²) in [6.45, 7) is 1.79. The van der Waals surface area contributed by atoms with Crippen LogP contribution in [0.4, 0.5) is 0 Å². The lowest BCUT2D eigenvalue weighted by Gasteiger charge is -2.08. The van der Waals surface area contributed by atoms with Crippen molar-refractivity contribution in [2.75, 3.05) is 7.11 Å². The highest BCUT2D eigenvalue weighted by molar-refractivity contribution is 6.30. The van der Waals surface area contributed by atoms with Crippen LogP contribution in [-0.2, 0) is 9.53 Å². The topological polar surface area (TPSA) is 26.3 Å². The predicted octanol–water partition coefficient (Wildman–Crippen LogP) is 2.62. The van der Waals surface area contributed by atoms with Gasteiger partial charge in [-0.05, 0) is 24.6 Å². The van der Waals surface area contributed by atoms with E-state index in [1.807, 2.05) is 12.1 Å². The number of rotatable bonds is 2. The van der Waals surface area contributed by atoms with Gasteiger partial charge in [0.25, 0.3) is 0 Å². The van der Waals surface area contributed by atoms with E-state index in [2.05, 4.69) is 4.74 Å². The summed E-state index contributed by atoms with van der Waals surface area (Å²) in [6.07, 6.45) is 0. The predicted molar refractivity (Wildman–Crippen MR) is 51.9 cm³/mol. The normalized spacial score (nSPS) is 12.2. The van der Waals surface area contributed by atoms with E-state index in [4.69, 9.17) is 11.6 Å². The average Bonchev–Trinajstić information content (AvgIpc) is 2.15. The molecule has 0 saturated carbocycles. The molecule has 1 aromatic rings. The molecule has 0 bridgehead atoms. The SMILES string of the molecule is COC(=O)[C@@H](C)c1cccc(Cl)c1. The third-order valence-corrected chi connectivity index (χ3v) is 2.14. The van der Waals surface area contributed by atoms with Gasteiger partial charge in [-0.2, -0.15) is 0 Å². The second kappa shape index (κ2) is 4.28. The molecular weight excluding hydrogens is 188 g/mol. The van der Waals surface area contributed by atoms with Crippen molar-refractivity contribution in [3.05, 3.63) is 34.9 Å². The van der Waals surface area contributed by atoms with Crippen molar-refractivity contribution in [3.8, 4) is 0 Å². The van der Waals surface area contributed by atoms with Gasteiger partial charge in [0.2, 0.25) is 0 Å². The molecule has 2 nitrogen and oxygen atoms in total. The van der Waals surface area contributed by atoms with E-state index < -0.39 is 0 Å². The first kappa shape index (κ1) is 10.1. The molecule has 0 aliphatic carbocycles. The van der Waals surface area contributed by atoms with Crippen LogP contribution in [0.3, 0.4) is 0 Å². The van der Waals surface area contributed by atoms with Crippen molar-refractivity contribution in [1.29, 1.82) is 0 Å². The molecular formula is C10H11ClO2. The molecule has 0 heterocycles. The lowest BCUT2D eigenvalue weighted by molar-refractivity contribution is -0.141. The third-order valence-electron chi connectivity index (χ3n) is 1.90. The standard InChI is InChI=1S/C10H11ClO2/c1-7(10(12)13-2)8-4-3-5-9(11)6-8/h3-7H,1-2H3/t7-/m0/s1. The molecule has 0 unspecified atom stereocenters. The maximum Gasteiger partial charge on any atom is 0.312 e. The second-order valence-electron chi connectivity index (χ2n) is 2.80. The van der Waals surface area contributed by atoms with Gasteiger partial charge in [-0.3, -0.25) is 4.79 Å². The summed E-state index contributed by atoms with van der Waals surface area (Å²) in [5.74, 6) is -0.508. The summed E-state index contributed by atoms with van der Waals surface area (Å²) in [7, 11) is 1.38. The summed E-state index contributed by atoms with van der Waals surface area (Å²) in [4.78, 5) is 11.2. The highest BCUT2D eigenvalue weighted by Gasteiger charge is 2.15. The van der Waals surface area contributed by atoms with Gasteiger partial charge in [0.05, 0.1) is 13.0 Å². The average molecular weight is 199 g/mol. The number of hydrogen-bond donors (Lipinski definition) is 0. The lowest BCUT2D eigenvalue weighted by atomic mass is 10.0. The molecule has 0 aromatic heterocycles.